The molecule has 1 aliphatic carbocycles. The lowest BCUT2D eigenvalue weighted by Gasteiger charge is -2.28. The normalized spacial score (nSPS) is 33.6. The smallest absolute Gasteiger partial charge is 0.0991 e. The summed E-state index contributed by atoms with van der Waals surface area (Å²) in [7, 11) is 0. The maximum atomic E-state index is 8.83. The largest absolute Gasteiger partial charge is 0.192 e. The molecular weight excluding hydrogens is 206 g/mol. The predicted molar refractivity (Wildman–Crippen MR) is 70.8 cm³/mol. The molecule has 1 fully saturated rings. The highest BCUT2D eigenvalue weighted by molar-refractivity contribution is 5.33. The fraction of sp³-hybridized carbons (Fsp3) is 0.562. The number of rotatable bonds is 3. The highest BCUT2D eigenvalue weighted by atomic mass is 14.3. The first-order valence-corrected chi connectivity index (χ1v) is 6.30. The highest BCUT2D eigenvalue weighted by Gasteiger charge is 2.21. The van der Waals surface area contributed by atoms with Gasteiger partial charge in [0.05, 0.1) is 11.6 Å². The molecule has 1 heteroatoms. The van der Waals surface area contributed by atoms with Crippen LogP contribution >= 0.6 is 0 Å². The van der Waals surface area contributed by atoms with Crippen molar-refractivity contribution < 1.29 is 5.48 Å². The summed E-state index contributed by atoms with van der Waals surface area (Å²) in [6.45, 7) is 1.97. The molecule has 1 nitrogen and oxygen atoms in total. The maximum Gasteiger partial charge on any atom is 0.0991 e. The zero-order valence-electron chi connectivity index (χ0n) is 14.2. The summed E-state index contributed by atoms with van der Waals surface area (Å²) < 4.78 is 33.1. The summed E-state index contributed by atoms with van der Waals surface area (Å²) in [5, 5.41) is 8.83. The quantitative estimate of drug-likeness (QED) is 0.744. The summed E-state index contributed by atoms with van der Waals surface area (Å²) in [4.78, 5) is 0. The zero-order chi connectivity index (χ0) is 15.7. The van der Waals surface area contributed by atoms with Crippen LogP contribution in [0.15, 0.2) is 24.3 Å². The van der Waals surface area contributed by atoms with Gasteiger partial charge in [0.1, 0.15) is 0 Å². The van der Waals surface area contributed by atoms with Crippen LogP contribution in [0.3, 0.4) is 0 Å². The van der Waals surface area contributed by atoms with Crippen molar-refractivity contribution in [1.29, 1.82) is 5.26 Å². The van der Waals surface area contributed by atoms with Crippen LogP contribution in [0.25, 0.3) is 0 Å². The van der Waals surface area contributed by atoms with Gasteiger partial charge in [0, 0.05) is 5.48 Å². The summed E-state index contributed by atoms with van der Waals surface area (Å²) in [5.74, 6) is -0.666. The van der Waals surface area contributed by atoms with Crippen molar-refractivity contribution in [3.8, 4) is 6.07 Å². The van der Waals surface area contributed by atoms with E-state index in [-0.39, 0.29) is 5.92 Å². The Morgan fingerprint density at radius 3 is 2.47 bits per heavy atom. The molecule has 0 spiro atoms. The first-order chi connectivity index (χ1) is 9.80. The van der Waals surface area contributed by atoms with Crippen LogP contribution in [-0.4, -0.2) is 0 Å². The van der Waals surface area contributed by atoms with Crippen molar-refractivity contribution in [3.05, 3.63) is 35.4 Å². The first-order valence-electron chi connectivity index (χ1n) is 8.30. The van der Waals surface area contributed by atoms with Crippen molar-refractivity contribution in [3.63, 3.8) is 0 Å². The molecule has 17 heavy (non-hydrogen) atoms. The molecule has 0 saturated heterocycles. The van der Waals surface area contributed by atoms with Crippen LogP contribution in [0.2, 0.25) is 0 Å². The molecule has 1 saturated carbocycles. The summed E-state index contributed by atoms with van der Waals surface area (Å²) in [6, 6.07) is 9.16. The minimum atomic E-state index is -1.49. The van der Waals surface area contributed by atoms with Gasteiger partial charge < -0.3 is 0 Å². The van der Waals surface area contributed by atoms with Gasteiger partial charge in [0.25, 0.3) is 0 Å². The Bertz CT molecular complexity index is 512. The maximum absolute atomic E-state index is 8.83. The van der Waals surface area contributed by atoms with E-state index in [0.717, 1.165) is 12.0 Å². The van der Waals surface area contributed by atoms with E-state index in [1.807, 2.05) is 19.1 Å². The lowest BCUT2D eigenvalue weighted by Crippen LogP contribution is -2.13. The van der Waals surface area contributed by atoms with Gasteiger partial charge >= 0.3 is 0 Å². The molecule has 0 radical (unpaired) electrons. The van der Waals surface area contributed by atoms with E-state index in [0.29, 0.717) is 24.8 Å². The number of nitrogens with zero attached hydrogens (tertiary/aromatic N) is 1. The molecule has 0 aromatic heterocycles. The van der Waals surface area contributed by atoms with E-state index >= 15 is 0 Å². The van der Waals surface area contributed by atoms with E-state index in [1.165, 1.54) is 0 Å². The molecule has 1 aromatic rings. The molecule has 1 aliphatic rings. The average molecular weight is 231 g/mol. The molecule has 2 rings (SSSR count). The Hall–Kier alpha value is -1.29. The molecule has 0 bridgehead atoms. The predicted octanol–water partition coefficient (Wildman–Crippen LogP) is 4.63. The molecule has 0 amide bonds. The van der Waals surface area contributed by atoms with Crippen LogP contribution in [0.5, 0.6) is 0 Å². The first kappa shape index (κ1) is 7.93. The van der Waals surface area contributed by atoms with Gasteiger partial charge in [-0.05, 0) is 55.1 Å². The van der Waals surface area contributed by atoms with Crippen molar-refractivity contribution in [1.82, 2.24) is 0 Å². The highest BCUT2D eigenvalue weighted by Crippen LogP contribution is 2.37. The Morgan fingerprint density at radius 2 is 1.94 bits per heavy atom. The minimum absolute atomic E-state index is 0.129. The van der Waals surface area contributed by atoms with Gasteiger partial charge in [-0.1, -0.05) is 31.9 Å². The molecule has 90 valence electrons. The Labute approximate surface area is 110 Å². The van der Waals surface area contributed by atoms with E-state index in [9.17, 15) is 0 Å². The molecule has 0 atom stereocenters. The van der Waals surface area contributed by atoms with Crippen LogP contribution in [0.1, 0.15) is 67.9 Å². The monoisotopic (exact) mass is 231 g/mol. The third-order valence-electron chi connectivity index (χ3n) is 3.31. The number of benzene rings is 1. The fourth-order valence-corrected chi connectivity index (χ4v) is 2.27. The fourth-order valence-electron chi connectivity index (χ4n) is 2.27. The van der Waals surface area contributed by atoms with E-state index in [4.69, 9.17) is 10.7 Å². The lowest BCUT2D eigenvalue weighted by atomic mass is 9.77. The summed E-state index contributed by atoms with van der Waals surface area (Å²) in [5.41, 5.74) is 1.50. The van der Waals surface area contributed by atoms with Gasteiger partial charge in [0.2, 0.25) is 0 Å². The third-order valence-corrected chi connectivity index (χ3v) is 3.31. The minimum Gasteiger partial charge on any atom is -0.192 e. The van der Waals surface area contributed by atoms with Gasteiger partial charge in [-0.3, -0.25) is 0 Å². The van der Waals surface area contributed by atoms with Crippen molar-refractivity contribution in [2.45, 2.75) is 51.3 Å². The summed E-state index contributed by atoms with van der Waals surface area (Å²) >= 11 is 0. The molecular formula is C16H21N. The van der Waals surface area contributed by atoms with Crippen LogP contribution < -0.4 is 0 Å². The molecule has 1 aromatic carbocycles. The van der Waals surface area contributed by atoms with Crippen LogP contribution in [0.4, 0.5) is 0 Å². The topological polar surface area (TPSA) is 23.8 Å². The Balaban J connectivity index is 2.26. The number of nitriles is 1. The molecule has 0 aliphatic heterocycles. The summed E-state index contributed by atoms with van der Waals surface area (Å²) in [6.07, 6.45) is -0.899. The molecule has 0 N–H and O–H groups in total. The second kappa shape index (κ2) is 5.87. The average Bonchev–Trinajstić information content (AvgIpc) is 2.42. The standard InChI is InChI=1S/C16H21N/c1-2-3-13-4-8-15(9-5-13)16-10-6-14(12-17)7-11-16/h6-7,10-11,13,15H,2-5,8-9H2,1H3/t13-,15-/i4D2,5D2. The zero-order valence-corrected chi connectivity index (χ0v) is 10.2. The van der Waals surface area contributed by atoms with Crippen LogP contribution in [-0.2, 0) is 0 Å². The van der Waals surface area contributed by atoms with Crippen molar-refractivity contribution >= 4 is 0 Å². The number of hydrogen-bond acceptors (Lipinski definition) is 1. The van der Waals surface area contributed by atoms with E-state index < -0.39 is 18.7 Å². The molecule has 0 unspecified atom stereocenters. The van der Waals surface area contributed by atoms with Crippen molar-refractivity contribution in [2.75, 3.05) is 0 Å². The van der Waals surface area contributed by atoms with Gasteiger partial charge in [-0.15, -0.1) is 0 Å². The second-order valence-electron chi connectivity index (χ2n) is 4.59. The van der Waals surface area contributed by atoms with E-state index in [2.05, 4.69) is 6.07 Å². The van der Waals surface area contributed by atoms with Gasteiger partial charge in [0.15, 0.2) is 0 Å². The van der Waals surface area contributed by atoms with Crippen molar-refractivity contribution in [2.24, 2.45) is 5.92 Å². The van der Waals surface area contributed by atoms with Crippen LogP contribution in [0, 0.1) is 17.2 Å². The lowest BCUT2D eigenvalue weighted by molar-refractivity contribution is 0.308. The molecule has 0 heterocycles. The Kier molecular flexibility index (Phi) is 2.74. The SMILES string of the molecule is [2H]C1([2H])C[C@H](c2ccc(C#N)cc2)CC([2H])([2H])[C@H]1CCC. The third kappa shape index (κ3) is 3.09. The van der Waals surface area contributed by atoms with Gasteiger partial charge in [-0.2, -0.15) is 5.26 Å². The van der Waals surface area contributed by atoms with E-state index in [1.54, 1.807) is 12.1 Å². The van der Waals surface area contributed by atoms with Gasteiger partial charge in [-0.25, -0.2) is 0 Å². The second-order valence-corrected chi connectivity index (χ2v) is 4.59. The number of hydrogen-bond donors (Lipinski definition) is 0. The Morgan fingerprint density at radius 1 is 1.29 bits per heavy atom.